The number of anilines is 1. The Hall–Kier alpha value is -3.66. The molecule has 0 aliphatic rings. The molecule has 0 aliphatic carbocycles. The van der Waals surface area contributed by atoms with Crippen LogP contribution in [0.3, 0.4) is 0 Å². The van der Waals surface area contributed by atoms with Gasteiger partial charge in [-0.2, -0.15) is 0 Å². The summed E-state index contributed by atoms with van der Waals surface area (Å²) >= 11 is 0. The lowest BCUT2D eigenvalue weighted by atomic mass is 10.1. The Morgan fingerprint density at radius 2 is 1.64 bits per heavy atom. The SMILES string of the molecule is CCc1ccc(NC(=O)c2ccccc2-c2ncc(-c3ccccc3)o2)cc1. The smallest absolute Gasteiger partial charge is 0.256 e. The van der Waals surface area contributed by atoms with E-state index in [9.17, 15) is 4.79 Å². The molecule has 4 rings (SSSR count). The lowest BCUT2D eigenvalue weighted by Gasteiger charge is -2.09. The number of carbonyl (C=O) groups is 1. The van der Waals surface area contributed by atoms with Crippen molar-refractivity contribution in [3.63, 3.8) is 0 Å². The molecule has 1 heterocycles. The molecule has 0 bridgehead atoms. The van der Waals surface area contributed by atoms with Crippen molar-refractivity contribution < 1.29 is 9.21 Å². The minimum absolute atomic E-state index is 0.195. The summed E-state index contributed by atoms with van der Waals surface area (Å²) in [6.45, 7) is 2.10. The van der Waals surface area contributed by atoms with Crippen molar-refractivity contribution in [2.45, 2.75) is 13.3 Å². The van der Waals surface area contributed by atoms with Crippen LogP contribution in [-0.4, -0.2) is 10.9 Å². The van der Waals surface area contributed by atoms with E-state index in [2.05, 4.69) is 17.2 Å². The third-order valence-corrected chi connectivity index (χ3v) is 4.59. The van der Waals surface area contributed by atoms with Gasteiger partial charge in [-0.3, -0.25) is 4.79 Å². The highest BCUT2D eigenvalue weighted by Gasteiger charge is 2.17. The molecular formula is C24H20N2O2. The van der Waals surface area contributed by atoms with E-state index in [1.165, 1.54) is 5.56 Å². The van der Waals surface area contributed by atoms with Gasteiger partial charge < -0.3 is 9.73 Å². The molecule has 3 aromatic carbocycles. The average Bonchev–Trinajstić information content (AvgIpc) is 3.25. The number of nitrogens with one attached hydrogen (secondary N) is 1. The minimum atomic E-state index is -0.195. The molecule has 1 aromatic heterocycles. The van der Waals surface area contributed by atoms with Gasteiger partial charge in [-0.25, -0.2) is 4.98 Å². The van der Waals surface area contributed by atoms with Gasteiger partial charge in [-0.05, 0) is 36.2 Å². The topological polar surface area (TPSA) is 55.1 Å². The Morgan fingerprint density at radius 3 is 2.39 bits per heavy atom. The summed E-state index contributed by atoms with van der Waals surface area (Å²) in [6, 6.07) is 24.9. The van der Waals surface area contributed by atoms with E-state index >= 15 is 0 Å². The summed E-state index contributed by atoms with van der Waals surface area (Å²) in [5.41, 5.74) is 4.11. The Balaban J connectivity index is 1.61. The number of oxazole rings is 1. The van der Waals surface area contributed by atoms with Crippen LogP contribution < -0.4 is 5.32 Å². The molecular weight excluding hydrogens is 348 g/mol. The summed E-state index contributed by atoms with van der Waals surface area (Å²) in [4.78, 5) is 17.2. The molecule has 28 heavy (non-hydrogen) atoms. The maximum atomic E-state index is 12.9. The lowest BCUT2D eigenvalue weighted by Crippen LogP contribution is -2.13. The highest BCUT2D eigenvalue weighted by Crippen LogP contribution is 2.28. The van der Waals surface area contributed by atoms with Crippen molar-refractivity contribution in [3.05, 3.63) is 96.2 Å². The van der Waals surface area contributed by atoms with Crippen molar-refractivity contribution >= 4 is 11.6 Å². The van der Waals surface area contributed by atoms with E-state index in [0.717, 1.165) is 17.7 Å². The van der Waals surface area contributed by atoms with Gasteiger partial charge in [-0.1, -0.05) is 61.5 Å². The van der Waals surface area contributed by atoms with Crippen LogP contribution in [0.25, 0.3) is 22.8 Å². The van der Waals surface area contributed by atoms with E-state index in [4.69, 9.17) is 4.42 Å². The van der Waals surface area contributed by atoms with Crippen molar-refractivity contribution in [2.24, 2.45) is 0 Å². The van der Waals surface area contributed by atoms with Crippen LogP contribution in [-0.2, 0) is 6.42 Å². The number of hydrogen-bond acceptors (Lipinski definition) is 3. The third kappa shape index (κ3) is 3.71. The van der Waals surface area contributed by atoms with Crippen LogP contribution >= 0.6 is 0 Å². The van der Waals surface area contributed by atoms with Gasteiger partial charge in [0.2, 0.25) is 5.89 Å². The number of aryl methyl sites for hydroxylation is 1. The fourth-order valence-corrected chi connectivity index (χ4v) is 3.02. The second-order valence-corrected chi connectivity index (χ2v) is 6.45. The third-order valence-electron chi connectivity index (χ3n) is 4.59. The molecule has 4 aromatic rings. The number of benzene rings is 3. The van der Waals surface area contributed by atoms with Crippen LogP contribution in [0.1, 0.15) is 22.8 Å². The standard InChI is InChI=1S/C24H20N2O2/c1-2-17-12-14-19(15-13-17)26-23(27)20-10-6-7-11-21(20)24-25-16-22(28-24)18-8-4-3-5-9-18/h3-16H,2H2,1H3,(H,26,27). The molecule has 0 fully saturated rings. The zero-order chi connectivity index (χ0) is 19.3. The van der Waals surface area contributed by atoms with Gasteiger partial charge in [-0.15, -0.1) is 0 Å². The number of hydrogen-bond donors (Lipinski definition) is 1. The van der Waals surface area contributed by atoms with Crippen molar-refractivity contribution in [1.29, 1.82) is 0 Å². The molecule has 138 valence electrons. The zero-order valence-electron chi connectivity index (χ0n) is 15.6. The molecule has 0 saturated heterocycles. The van der Waals surface area contributed by atoms with Gasteiger partial charge in [0.15, 0.2) is 5.76 Å². The Morgan fingerprint density at radius 1 is 0.929 bits per heavy atom. The van der Waals surface area contributed by atoms with Crippen LogP contribution in [0.15, 0.2) is 89.5 Å². The highest BCUT2D eigenvalue weighted by atomic mass is 16.4. The van der Waals surface area contributed by atoms with E-state index < -0.39 is 0 Å². The Kier molecular flexibility index (Phi) is 5.02. The van der Waals surface area contributed by atoms with Crippen LogP contribution in [0.4, 0.5) is 5.69 Å². The molecule has 0 spiro atoms. The molecule has 0 atom stereocenters. The van der Waals surface area contributed by atoms with Crippen molar-refractivity contribution in [1.82, 2.24) is 4.98 Å². The van der Waals surface area contributed by atoms with E-state index in [1.807, 2.05) is 72.8 Å². The lowest BCUT2D eigenvalue weighted by molar-refractivity contribution is 0.102. The first-order chi connectivity index (χ1) is 13.7. The summed E-state index contributed by atoms with van der Waals surface area (Å²) in [7, 11) is 0. The van der Waals surface area contributed by atoms with Crippen molar-refractivity contribution in [2.75, 3.05) is 5.32 Å². The quantitative estimate of drug-likeness (QED) is 0.483. The molecule has 4 heteroatoms. The number of nitrogens with zero attached hydrogens (tertiary/aromatic N) is 1. The van der Waals surface area contributed by atoms with Gasteiger partial charge in [0.1, 0.15) is 0 Å². The van der Waals surface area contributed by atoms with Crippen LogP contribution in [0, 0.1) is 0 Å². The maximum absolute atomic E-state index is 12.9. The first-order valence-corrected chi connectivity index (χ1v) is 9.25. The fraction of sp³-hybridized carbons (Fsp3) is 0.0833. The van der Waals surface area contributed by atoms with Gasteiger partial charge >= 0.3 is 0 Å². The summed E-state index contributed by atoms with van der Waals surface area (Å²) in [6.07, 6.45) is 2.65. The fourth-order valence-electron chi connectivity index (χ4n) is 3.02. The molecule has 1 N–H and O–H groups in total. The first-order valence-electron chi connectivity index (χ1n) is 9.25. The monoisotopic (exact) mass is 368 g/mol. The summed E-state index contributed by atoms with van der Waals surface area (Å²) in [5.74, 6) is 0.895. The van der Waals surface area contributed by atoms with Crippen molar-refractivity contribution in [3.8, 4) is 22.8 Å². The Labute approximate surface area is 163 Å². The van der Waals surface area contributed by atoms with E-state index in [0.29, 0.717) is 22.8 Å². The molecule has 0 unspecified atom stereocenters. The summed E-state index contributed by atoms with van der Waals surface area (Å²) < 4.78 is 5.94. The van der Waals surface area contributed by atoms with Gasteiger partial charge in [0.25, 0.3) is 5.91 Å². The number of aromatic nitrogens is 1. The zero-order valence-corrected chi connectivity index (χ0v) is 15.6. The number of rotatable bonds is 5. The number of amides is 1. The largest absolute Gasteiger partial charge is 0.436 e. The minimum Gasteiger partial charge on any atom is -0.436 e. The van der Waals surface area contributed by atoms with Crippen LogP contribution in [0.2, 0.25) is 0 Å². The normalized spacial score (nSPS) is 10.6. The predicted molar refractivity (Wildman–Crippen MR) is 111 cm³/mol. The molecule has 1 amide bonds. The Bertz CT molecular complexity index is 1080. The summed E-state index contributed by atoms with van der Waals surface area (Å²) in [5, 5.41) is 2.95. The molecule has 4 nitrogen and oxygen atoms in total. The predicted octanol–water partition coefficient (Wildman–Crippen LogP) is 5.82. The second kappa shape index (κ2) is 7.92. The van der Waals surface area contributed by atoms with E-state index in [1.54, 1.807) is 12.3 Å². The molecule has 0 radical (unpaired) electrons. The number of carbonyl (C=O) groups excluding carboxylic acids is 1. The first kappa shape index (κ1) is 17.7. The molecule has 0 saturated carbocycles. The second-order valence-electron chi connectivity index (χ2n) is 6.45. The van der Waals surface area contributed by atoms with Crippen LogP contribution in [0.5, 0.6) is 0 Å². The highest BCUT2D eigenvalue weighted by molar-refractivity contribution is 6.08. The average molecular weight is 368 g/mol. The van der Waals surface area contributed by atoms with Gasteiger partial charge in [0, 0.05) is 16.8 Å². The maximum Gasteiger partial charge on any atom is 0.256 e. The van der Waals surface area contributed by atoms with Gasteiger partial charge in [0.05, 0.1) is 11.8 Å². The van der Waals surface area contributed by atoms with E-state index in [-0.39, 0.29) is 5.91 Å². The molecule has 0 aliphatic heterocycles.